The van der Waals surface area contributed by atoms with E-state index in [-0.39, 0.29) is 24.0 Å². The maximum atomic E-state index is 5.42. The monoisotopic (exact) mass is 545 g/mol. The summed E-state index contributed by atoms with van der Waals surface area (Å²) in [5.41, 5.74) is 1.14. The molecule has 1 aromatic rings. The largest absolute Gasteiger partial charge is 0.497 e. The molecule has 176 valence electrons. The number of hydrogen-bond acceptors (Lipinski definition) is 5. The van der Waals surface area contributed by atoms with Gasteiger partial charge in [-0.05, 0) is 51.2 Å². The number of aliphatic imine (C=N–C) groups is 1. The van der Waals surface area contributed by atoms with Crippen LogP contribution in [0.2, 0.25) is 0 Å². The highest BCUT2D eigenvalue weighted by Crippen LogP contribution is 2.30. The molecule has 0 radical (unpaired) electrons. The first-order valence-electron chi connectivity index (χ1n) is 11.3. The topological polar surface area (TPSA) is 61.4 Å². The average Bonchev–Trinajstić information content (AvgIpc) is 3.27. The number of likely N-dealkylation sites (tertiary alicyclic amines) is 1. The standard InChI is InChI=1S/C23H39N5O2.HI/c1-5-27-11-7-18(8-12-27)6-10-25-23(24-2)26-19-9-13-28(17-19)20-14-21(29-3)16-22(15-20)30-4;/h14-16,18-19H,5-13,17H2,1-4H3,(H2,24,25,26);1H. The molecule has 0 spiro atoms. The molecule has 8 heteroatoms. The summed E-state index contributed by atoms with van der Waals surface area (Å²) in [5.74, 6) is 3.39. The number of benzene rings is 1. The van der Waals surface area contributed by atoms with Gasteiger partial charge >= 0.3 is 0 Å². The molecule has 2 heterocycles. The van der Waals surface area contributed by atoms with Crippen LogP contribution in [0.15, 0.2) is 23.2 Å². The number of piperidine rings is 1. The molecule has 0 saturated carbocycles. The Morgan fingerprint density at radius 3 is 2.32 bits per heavy atom. The molecule has 2 aliphatic heterocycles. The fourth-order valence-electron chi connectivity index (χ4n) is 4.46. The Hall–Kier alpha value is -1.42. The number of rotatable bonds is 8. The van der Waals surface area contributed by atoms with Crippen molar-refractivity contribution in [3.8, 4) is 11.5 Å². The summed E-state index contributed by atoms with van der Waals surface area (Å²) in [7, 11) is 5.24. The van der Waals surface area contributed by atoms with Crippen molar-refractivity contribution >= 4 is 35.6 Å². The van der Waals surface area contributed by atoms with Gasteiger partial charge in [0, 0.05) is 56.6 Å². The maximum absolute atomic E-state index is 5.42. The first kappa shape index (κ1) is 25.8. The van der Waals surface area contributed by atoms with E-state index in [0.29, 0.717) is 6.04 Å². The summed E-state index contributed by atoms with van der Waals surface area (Å²) in [4.78, 5) is 9.36. The molecule has 2 fully saturated rings. The van der Waals surface area contributed by atoms with Gasteiger partial charge in [0.15, 0.2) is 5.96 Å². The Kier molecular flexibility index (Phi) is 11.0. The lowest BCUT2D eigenvalue weighted by Crippen LogP contribution is -2.45. The van der Waals surface area contributed by atoms with Crippen LogP contribution in [0.4, 0.5) is 5.69 Å². The lowest BCUT2D eigenvalue weighted by Gasteiger charge is -2.31. The molecule has 3 rings (SSSR count). The number of halogens is 1. The quantitative estimate of drug-likeness (QED) is 0.298. The van der Waals surface area contributed by atoms with Crippen LogP contribution >= 0.6 is 24.0 Å². The van der Waals surface area contributed by atoms with E-state index in [1.807, 2.05) is 13.1 Å². The van der Waals surface area contributed by atoms with Crippen LogP contribution in [0.3, 0.4) is 0 Å². The second-order valence-electron chi connectivity index (χ2n) is 8.31. The molecule has 7 nitrogen and oxygen atoms in total. The van der Waals surface area contributed by atoms with Gasteiger partial charge in [0.1, 0.15) is 11.5 Å². The van der Waals surface area contributed by atoms with Gasteiger partial charge in [0.05, 0.1) is 14.2 Å². The number of methoxy groups -OCH3 is 2. The molecule has 0 aromatic heterocycles. The van der Waals surface area contributed by atoms with Gasteiger partial charge in [-0.25, -0.2) is 0 Å². The van der Waals surface area contributed by atoms with Gasteiger partial charge in [0.25, 0.3) is 0 Å². The normalized spacial score (nSPS) is 20.3. The van der Waals surface area contributed by atoms with Crippen LogP contribution in [0.1, 0.15) is 32.6 Å². The summed E-state index contributed by atoms with van der Waals surface area (Å²) in [6.07, 6.45) is 4.95. The fraction of sp³-hybridized carbons (Fsp3) is 0.696. The van der Waals surface area contributed by atoms with Crippen LogP contribution in [0.5, 0.6) is 11.5 Å². The van der Waals surface area contributed by atoms with E-state index >= 15 is 0 Å². The number of nitrogens with one attached hydrogen (secondary N) is 2. The molecule has 31 heavy (non-hydrogen) atoms. The van der Waals surface area contributed by atoms with Crippen molar-refractivity contribution in [2.45, 2.75) is 38.6 Å². The first-order chi connectivity index (χ1) is 14.6. The molecule has 1 aromatic carbocycles. The van der Waals surface area contributed by atoms with Crippen molar-refractivity contribution < 1.29 is 9.47 Å². The van der Waals surface area contributed by atoms with Crippen LogP contribution in [0, 0.1) is 5.92 Å². The number of ether oxygens (including phenoxy) is 2. The second kappa shape index (κ2) is 13.2. The highest BCUT2D eigenvalue weighted by Gasteiger charge is 2.24. The fourth-order valence-corrected chi connectivity index (χ4v) is 4.46. The number of anilines is 1. The first-order valence-corrected chi connectivity index (χ1v) is 11.3. The van der Waals surface area contributed by atoms with Crippen LogP contribution in [-0.4, -0.2) is 77.4 Å². The summed E-state index contributed by atoms with van der Waals surface area (Å²) < 4.78 is 10.8. The Bertz CT molecular complexity index is 672. The zero-order valence-electron chi connectivity index (χ0n) is 19.5. The van der Waals surface area contributed by atoms with Gasteiger partial charge in [-0.2, -0.15) is 0 Å². The van der Waals surface area contributed by atoms with E-state index in [2.05, 4.69) is 44.5 Å². The van der Waals surface area contributed by atoms with E-state index in [4.69, 9.17) is 9.47 Å². The third-order valence-electron chi connectivity index (χ3n) is 6.45. The van der Waals surface area contributed by atoms with Gasteiger partial charge in [-0.15, -0.1) is 24.0 Å². The summed E-state index contributed by atoms with van der Waals surface area (Å²) in [6, 6.07) is 6.43. The van der Waals surface area contributed by atoms with Gasteiger partial charge < -0.3 is 29.9 Å². The van der Waals surface area contributed by atoms with Crippen molar-refractivity contribution in [3.05, 3.63) is 18.2 Å². The van der Waals surface area contributed by atoms with Crippen molar-refractivity contribution in [3.63, 3.8) is 0 Å². The van der Waals surface area contributed by atoms with E-state index in [9.17, 15) is 0 Å². The minimum Gasteiger partial charge on any atom is -0.497 e. The highest BCUT2D eigenvalue weighted by atomic mass is 127. The van der Waals surface area contributed by atoms with E-state index in [0.717, 1.165) is 55.1 Å². The molecule has 1 atom stereocenters. The zero-order chi connectivity index (χ0) is 21.3. The van der Waals surface area contributed by atoms with Crippen LogP contribution in [-0.2, 0) is 0 Å². The third kappa shape index (κ3) is 7.59. The maximum Gasteiger partial charge on any atom is 0.191 e. The number of hydrogen-bond donors (Lipinski definition) is 2. The van der Waals surface area contributed by atoms with Crippen molar-refractivity contribution in [2.24, 2.45) is 10.9 Å². The molecule has 0 amide bonds. The molecule has 1 unspecified atom stereocenters. The Balaban J connectivity index is 0.00000341. The molecule has 0 bridgehead atoms. The van der Waals surface area contributed by atoms with Gasteiger partial charge in [-0.3, -0.25) is 4.99 Å². The lowest BCUT2D eigenvalue weighted by molar-refractivity contribution is 0.187. The molecule has 2 N–H and O–H groups in total. The van der Waals surface area contributed by atoms with Gasteiger partial charge in [-0.1, -0.05) is 6.92 Å². The summed E-state index contributed by atoms with van der Waals surface area (Å²) in [5, 5.41) is 7.13. The van der Waals surface area contributed by atoms with Crippen LogP contribution in [0.25, 0.3) is 0 Å². The van der Waals surface area contributed by atoms with Gasteiger partial charge in [0.2, 0.25) is 0 Å². The molecular formula is C23H40IN5O2. The van der Waals surface area contributed by atoms with Crippen LogP contribution < -0.4 is 25.0 Å². The SMILES string of the molecule is CCN1CCC(CCNC(=NC)NC2CCN(c3cc(OC)cc(OC)c3)C2)CC1.I. The summed E-state index contributed by atoms with van der Waals surface area (Å²) >= 11 is 0. The van der Waals surface area contributed by atoms with E-state index < -0.39 is 0 Å². The predicted molar refractivity (Wildman–Crippen MR) is 140 cm³/mol. The molecule has 2 aliphatic rings. The number of guanidine groups is 1. The number of nitrogens with zero attached hydrogens (tertiary/aromatic N) is 3. The average molecular weight is 546 g/mol. The second-order valence-corrected chi connectivity index (χ2v) is 8.31. The third-order valence-corrected chi connectivity index (χ3v) is 6.45. The Morgan fingerprint density at radius 1 is 1.06 bits per heavy atom. The van der Waals surface area contributed by atoms with Crippen molar-refractivity contribution in [1.82, 2.24) is 15.5 Å². The zero-order valence-corrected chi connectivity index (χ0v) is 21.9. The minimum absolute atomic E-state index is 0. The van der Waals surface area contributed by atoms with E-state index in [1.165, 1.54) is 38.9 Å². The Labute approximate surface area is 205 Å². The lowest BCUT2D eigenvalue weighted by atomic mass is 9.93. The van der Waals surface area contributed by atoms with Crippen molar-refractivity contribution in [1.29, 1.82) is 0 Å². The molecule has 2 saturated heterocycles. The molecular weight excluding hydrogens is 505 g/mol. The smallest absolute Gasteiger partial charge is 0.191 e. The highest BCUT2D eigenvalue weighted by molar-refractivity contribution is 14.0. The Morgan fingerprint density at radius 2 is 1.74 bits per heavy atom. The molecule has 0 aliphatic carbocycles. The van der Waals surface area contributed by atoms with E-state index in [1.54, 1.807) is 14.2 Å². The predicted octanol–water partition coefficient (Wildman–Crippen LogP) is 3.19. The summed E-state index contributed by atoms with van der Waals surface area (Å²) in [6.45, 7) is 8.87. The van der Waals surface area contributed by atoms with Crippen molar-refractivity contribution in [2.75, 3.05) is 65.4 Å². The minimum atomic E-state index is 0.